The molecule has 2 aliphatic heterocycles. The Morgan fingerprint density at radius 3 is 2.63 bits per heavy atom. The van der Waals surface area contributed by atoms with Gasteiger partial charge in [-0.3, -0.25) is 9.11 Å². The lowest BCUT2D eigenvalue weighted by molar-refractivity contribution is 0.0260. The summed E-state index contributed by atoms with van der Waals surface area (Å²) >= 11 is 0. The second-order valence-electron chi connectivity index (χ2n) is 7.34. The first kappa shape index (κ1) is 20.9. The summed E-state index contributed by atoms with van der Waals surface area (Å²) in [7, 11) is 0.614. The third-order valence-corrected chi connectivity index (χ3v) is 5.84. The van der Waals surface area contributed by atoms with Gasteiger partial charge in [-0.1, -0.05) is 18.2 Å². The van der Waals surface area contributed by atoms with Gasteiger partial charge >= 0.3 is 0 Å². The smallest absolute Gasteiger partial charge is 0.225 e. The van der Waals surface area contributed by atoms with E-state index in [2.05, 4.69) is 20.4 Å². The van der Waals surface area contributed by atoms with Gasteiger partial charge in [0.2, 0.25) is 5.90 Å². The van der Waals surface area contributed by atoms with Crippen molar-refractivity contribution in [1.82, 2.24) is 15.4 Å². The molecule has 2 aromatic rings. The molecule has 1 aromatic heterocycles. The summed E-state index contributed by atoms with van der Waals surface area (Å²) in [5.74, 6) is 1.56. The average molecular weight is 431 g/mol. The molecule has 0 bridgehead atoms. The van der Waals surface area contributed by atoms with Crippen LogP contribution >= 0.6 is 0 Å². The molecule has 3 heterocycles. The molecule has 2 unspecified atom stereocenters. The lowest BCUT2D eigenvalue weighted by Gasteiger charge is -2.38. The van der Waals surface area contributed by atoms with Gasteiger partial charge in [-0.05, 0) is 23.8 Å². The van der Waals surface area contributed by atoms with Gasteiger partial charge in [-0.2, -0.15) is 0 Å². The molecule has 0 amide bonds. The second-order valence-corrected chi connectivity index (χ2v) is 8.66. The van der Waals surface area contributed by atoms with Gasteiger partial charge in [0, 0.05) is 51.2 Å². The molecule has 0 aliphatic carbocycles. The van der Waals surface area contributed by atoms with Crippen molar-refractivity contribution < 1.29 is 18.5 Å². The standard InChI is InChI=1S/C21H26N4O4S/c1-27-10-9-19-23-20(29-24-19)14-25-12-18(13-25)28-17-6-3-15(4-7-17)16-5-8-21(22-11-16)30(2)26/h3-8,11,18-19,24H,9-10,12-14H2,1-2H3. The molecule has 1 saturated heterocycles. The molecule has 8 nitrogen and oxygen atoms in total. The number of hydroxylamine groups is 1. The average Bonchev–Trinajstić information content (AvgIpc) is 3.18. The zero-order valence-corrected chi connectivity index (χ0v) is 17.9. The fourth-order valence-corrected chi connectivity index (χ4v) is 3.81. The molecular formula is C21H26N4O4S. The Kier molecular flexibility index (Phi) is 6.73. The zero-order chi connectivity index (χ0) is 20.9. The molecule has 0 spiro atoms. The van der Waals surface area contributed by atoms with E-state index in [1.54, 1.807) is 25.6 Å². The lowest BCUT2D eigenvalue weighted by atomic mass is 10.1. The number of ether oxygens (including phenoxy) is 2. The quantitative estimate of drug-likeness (QED) is 0.650. The van der Waals surface area contributed by atoms with E-state index in [0.29, 0.717) is 24.1 Å². The normalized spacial score (nSPS) is 20.3. The number of hydrogen-bond acceptors (Lipinski definition) is 8. The number of likely N-dealkylation sites (tertiary alicyclic amines) is 1. The summed E-state index contributed by atoms with van der Waals surface area (Å²) in [4.78, 5) is 16.4. The van der Waals surface area contributed by atoms with Gasteiger partial charge in [0.1, 0.15) is 23.0 Å². The minimum atomic E-state index is -1.07. The Balaban J connectivity index is 1.23. The molecule has 160 valence electrons. The third-order valence-electron chi connectivity index (χ3n) is 5.01. The number of nitrogens with one attached hydrogen (secondary N) is 1. The summed E-state index contributed by atoms with van der Waals surface area (Å²) in [6, 6.07) is 11.7. The first-order valence-corrected chi connectivity index (χ1v) is 11.4. The molecule has 0 radical (unpaired) electrons. The van der Waals surface area contributed by atoms with Crippen LogP contribution in [0.1, 0.15) is 6.42 Å². The van der Waals surface area contributed by atoms with E-state index in [9.17, 15) is 4.21 Å². The van der Waals surface area contributed by atoms with E-state index in [-0.39, 0.29) is 12.3 Å². The van der Waals surface area contributed by atoms with Crippen molar-refractivity contribution in [2.24, 2.45) is 4.99 Å². The van der Waals surface area contributed by atoms with Crippen molar-refractivity contribution in [3.63, 3.8) is 0 Å². The molecule has 2 aliphatic rings. The summed E-state index contributed by atoms with van der Waals surface area (Å²) in [6.07, 6.45) is 4.30. The van der Waals surface area contributed by atoms with Crippen molar-refractivity contribution in [2.45, 2.75) is 23.7 Å². The Labute approximate surface area is 178 Å². The number of aromatic nitrogens is 1. The van der Waals surface area contributed by atoms with Crippen molar-refractivity contribution in [2.75, 3.05) is 39.6 Å². The number of hydrogen-bond donors (Lipinski definition) is 1. The molecule has 1 aromatic carbocycles. The zero-order valence-electron chi connectivity index (χ0n) is 17.1. The number of rotatable bonds is 9. The minimum Gasteiger partial charge on any atom is -0.488 e. The fraction of sp³-hybridized carbons (Fsp3) is 0.429. The maximum Gasteiger partial charge on any atom is 0.225 e. The monoisotopic (exact) mass is 430 g/mol. The lowest BCUT2D eigenvalue weighted by Crippen LogP contribution is -2.55. The van der Waals surface area contributed by atoms with Gasteiger partial charge in [-0.15, -0.1) is 5.48 Å². The van der Waals surface area contributed by atoms with Crippen LogP contribution in [0.2, 0.25) is 0 Å². The Bertz CT molecular complexity index is 898. The van der Waals surface area contributed by atoms with Gasteiger partial charge in [0.15, 0.2) is 0 Å². The van der Waals surface area contributed by atoms with Crippen molar-refractivity contribution in [3.05, 3.63) is 42.6 Å². The van der Waals surface area contributed by atoms with E-state index in [4.69, 9.17) is 14.3 Å². The van der Waals surface area contributed by atoms with Crippen molar-refractivity contribution in [1.29, 1.82) is 0 Å². The predicted molar refractivity (Wildman–Crippen MR) is 115 cm³/mol. The van der Waals surface area contributed by atoms with Gasteiger partial charge < -0.3 is 14.3 Å². The number of aliphatic imine (C=N–C) groups is 1. The van der Waals surface area contributed by atoms with Crippen LogP contribution in [0.3, 0.4) is 0 Å². The predicted octanol–water partition coefficient (Wildman–Crippen LogP) is 1.84. The van der Waals surface area contributed by atoms with Gasteiger partial charge in [0.05, 0.1) is 17.3 Å². The molecule has 0 saturated carbocycles. The Morgan fingerprint density at radius 2 is 1.97 bits per heavy atom. The first-order valence-electron chi connectivity index (χ1n) is 9.87. The summed E-state index contributed by atoms with van der Waals surface area (Å²) < 4.78 is 22.6. The Morgan fingerprint density at radius 1 is 1.20 bits per heavy atom. The fourth-order valence-electron chi connectivity index (χ4n) is 3.35. The maximum absolute atomic E-state index is 11.5. The first-order chi connectivity index (χ1) is 14.6. The van der Waals surface area contributed by atoms with E-state index < -0.39 is 10.8 Å². The molecule has 2 atom stereocenters. The molecular weight excluding hydrogens is 404 g/mol. The number of pyridine rings is 1. The highest BCUT2D eigenvalue weighted by Crippen LogP contribution is 2.24. The van der Waals surface area contributed by atoms with Crippen LogP contribution in [0.4, 0.5) is 0 Å². The molecule has 4 rings (SSSR count). The number of nitrogens with zero attached hydrogens (tertiary/aromatic N) is 3. The van der Waals surface area contributed by atoms with E-state index in [1.165, 1.54) is 0 Å². The molecule has 1 N–H and O–H groups in total. The SMILES string of the molecule is COCCC1N=C(CN2CC(Oc3ccc(-c4ccc(S(C)=O)nc4)cc3)C2)ON1. The summed E-state index contributed by atoms with van der Waals surface area (Å²) in [5, 5.41) is 0.587. The Hall–Kier alpha value is -2.33. The largest absolute Gasteiger partial charge is 0.488 e. The van der Waals surface area contributed by atoms with Crippen LogP contribution in [-0.4, -0.2) is 71.9 Å². The van der Waals surface area contributed by atoms with E-state index >= 15 is 0 Å². The van der Waals surface area contributed by atoms with Gasteiger partial charge in [0.25, 0.3) is 0 Å². The number of benzene rings is 1. The molecule has 9 heteroatoms. The highest BCUT2D eigenvalue weighted by Gasteiger charge is 2.31. The molecule has 1 fully saturated rings. The second kappa shape index (κ2) is 9.65. The van der Waals surface area contributed by atoms with Crippen LogP contribution in [0, 0.1) is 0 Å². The van der Waals surface area contributed by atoms with E-state index in [1.807, 2.05) is 30.3 Å². The summed E-state index contributed by atoms with van der Waals surface area (Å²) in [5.41, 5.74) is 4.95. The molecule has 30 heavy (non-hydrogen) atoms. The maximum atomic E-state index is 11.5. The topological polar surface area (TPSA) is 85.3 Å². The van der Waals surface area contributed by atoms with Crippen LogP contribution in [0.5, 0.6) is 5.75 Å². The highest BCUT2D eigenvalue weighted by atomic mass is 32.2. The highest BCUT2D eigenvalue weighted by molar-refractivity contribution is 7.84. The van der Waals surface area contributed by atoms with Crippen molar-refractivity contribution in [3.8, 4) is 16.9 Å². The van der Waals surface area contributed by atoms with Crippen LogP contribution in [-0.2, 0) is 20.4 Å². The van der Waals surface area contributed by atoms with Crippen LogP contribution in [0.15, 0.2) is 52.6 Å². The van der Waals surface area contributed by atoms with Crippen LogP contribution < -0.4 is 10.2 Å². The summed E-state index contributed by atoms with van der Waals surface area (Å²) in [6.45, 7) is 3.01. The minimum absolute atomic E-state index is 0.0256. The third kappa shape index (κ3) is 5.23. The van der Waals surface area contributed by atoms with Crippen molar-refractivity contribution >= 4 is 16.7 Å². The van der Waals surface area contributed by atoms with E-state index in [0.717, 1.165) is 36.4 Å². The number of methoxy groups -OCH3 is 1. The van der Waals surface area contributed by atoms with Crippen LogP contribution in [0.25, 0.3) is 11.1 Å². The van der Waals surface area contributed by atoms with Gasteiger partial charge in [-0.25, -0.2) is 9.98 Å².